The normalized spacial score (nSPS) is 20.8. The largest absolute Gasteiger partial charge is 0.481 e. The van der Waals surface area contributed by atoms with Gasteiger partial charge in [-0.2, -0.15) is 0 Å². The van der Waals surface area contributed by atoms with Crippen LogP contribution in [0.15, 0.2) is 5.11 Å². The Morgan fingerprint density at radius 3 is 2.65 bits per heavy atom. The fourth-order valence-electron chi connectivity index (χ4n) is 2.04. The minimum atomic E-state index is -0.938. The minimum absolute atomic E-state index is 0.131. The number of aliphatic hydroxyl groups is 1. The molecule has 6 nitrogen and oxygen atoms in total. The van der Waals surface area contributed by atoms with Gasteiger partial charge in [0, 0.05) is 4.91 Å². The van der Waals surface area contributed by atoms with Crippen LogP contribution in [0, 0.1) is 11.8 Å². The number of carbonyl (C=O) groups is 1. The zero-order valence-corrected chi connectivity index (χ0v) is 9.99. The summed E-state index contributed by atoms with van der Waals surface area (Å²) in [7, 11) is 0. The molecule has 0 spiro atoms. The van der Waals surface area contributed by atoms with E-state index in [1.54, 1.807) is 6.92 Å². The second-order valence-electron chi connectivity index (χ2n) is 4.85. The molecule has 96 valence electrons. The molecule has 0 radical (unpaired) electrons. The molecule has 1 aliphatic rings. The van der Waals surface area contributed by atoms with Gasteiger partial charge in [-0.05, 0) is 24.3 Å². The lowest BCUT2D eigenvalue weighted by Crippen LogP contribution is -2.31. The van der Waals surface area contributed by atoms with Crippen LogP contribution in [-0.2, 0) is 4.79 Å². The summed E-state index contributed by atoms with van der Waals surface area (Å²) < 4.78 is 0. The predicted octanol–water partition coefficient (Wildman–Crippen LogP) is 2.33. The van der Waals surface area contributed by atoms with E-state index in [0.29, 0.717) is 12.3 Å². The Morgan fingerprint density at radius 2 is 2.24 bits per heavy atom. The molecule has 2 N–H and O–H groups in total. The molecule has 6 heteroatoms. The number of rotatable bonds is 7. The molecule has 0 saturated heterocycles. The maximum absolute atomic E-state index is 10.7. The Bertz CT molecular complexity index is 311. The van der Waals surface area contributed by atoms with Crippen LogP contribution in [0.2, 0.25) is 0 Å². The van der Waals surface area contributed by atoms with Gasteiger partial charge < -0.3 is 10.2 Å². The molecular formula is C11H19N3O3. The minimum Gasteiger partial charge on any atom is -0.481 e. The lowest BCUT2D eigenvalue weighted by molar-refractivity contribution is -0.142. The Labute approximate surface area is 100 Å². The summed E-state index contributed by atoms with van der Waals surface area (Å²) in [4.78, 5) is 13.4. The second-order valence-corrected chi connectivity index (χ2v) is 4.85. The second kappa shape index (κ2) is 6.47. The number of nitrogens with zero attached hydrogens (tertiary/aromatic N) is 3. The summed E-state index contributed by atoms with van der Waals surface area (Å²) in [6.45, 7) is 1.54. The number of hydrogen-bond donors (Lipinski definition) is 2. The van der Waals surface area contributed by atoms with Crippen molar-refractivity contribution in [3.8, 4) is 0 Å². The molecule has 1 rings (SSSR count). The average Bonchev–Trinajstić information content (AvgIpc) is 2.21. The van der Waals surface area contributed by atoms with Crippen molar-refractivity contribution in [1.82, 2.24) is 0 Å². The summed E-state index contributed by atoms with van der Waals surface area (Å²) in [5, 5.41) is 22.3. The highest BCUT2D eigenvalue weighted by molar-refractivity contribution is 5.69. The quantitative estimate of drug-likeness (QED) is 0.405. The number of carboxylic acid groups (broad SMARTS) is 1. The zero-order valence-electron chi connectivity index (χ0n) is 9.99. The lowest BCUT2D eigenvalue weighted by Gasteiger charge is -2.30. The molecule has 0 heterocycles. The van der Waals surface area contributed by atoms with Crippen LogP contribution in [0.5, 0.6) is 0 Å². The van der Waals surface area contributed by atoms with Gasteiger partial charge in [0.2, 0.25) is 0 Å². The summed E-state index contributed by atoms with van der Waals surface area (Å²) in [6, 6.07) is -0.493. The van der Waals surface area contributed by atoms with Crippen molar-refractivity contribution < 1.29 is 15.0 Å². The Kier molecular flexibility index (Phi) is 5.25. The molecule has 0 aromatic rings. The van der Waals surface area contributed by atoms with Crippen molar-refractivity contribution in [2.24, 2.45) is 17.0 Å². The van der Waals surface area contributed by atoms with Crippen LogP contribution >= 0.6 is 0 Å². The van der Waals surface area contributed by atoms with Crippen LogP contribution < -0.4 is 0 Å². The maximum Gasteiger partial charge on any atom is 0.306 e. The maximum atomic E-state index is 10.7. The highest BCUT2D eigenvalue weighted by Gasteiger charge is 2.28. The van der Waals surface area contributed by atoms with E-state index in [9.17, 15) is 9.90 Å². The third-order valence-corrected chi connectivity index (χ3v) is 3.46. The third kappa shape index (κ3) is 4.24. The molecule has 3 atom stereocenters. The molecular weight excluding hydrogens is 222 g/mol. The number of hydrogen-bond acceptors (Lipinski definition) is 3. The Balaban J connectivity index is 2.49. The van der Waals surface area contributed by atoms with E-state index in [1.165, 1.54) is 6.42 Å². The zero-order chi connectivity index (χ0) is 12.8. The first kappa shape index (κ1) is 13.8. The fourth-order valence-corrected chi connectivity index (χ4v) is 2.04. The van der Waals surface area contributed by atoms with Crippen LogP contribution in [0.3, 0.4) is 0 Å². The molecule has 0 aromatic heterocycles. The van der Waals surface area contributed by atoms with E-state index in [0.717, 1.165) is 12.8 Å². The monoisotopic (exact) mass is 241 g/mol. The summed E-state index contributed by atoms with van der Waals surface area (Å²) >= 11 is 0. The van der Waals surface area contributed by atoms with E-state index in [2.05, 4.69) is 10.0 Å². The molecule has 0 aliphatic heterocycles. The number of aliphatic carboxylic acids is 1. The predicted molar refractivity (Wildman–Crippen MR) is 62.3 cm³/mol. The average molecular weight is 241 g/mol. The SMILES string of the molecule is C[C@H](C[C@H](O)[C@@H](CC1CCC1)N=[N+]=[N-])C(=O)O. The van der Waals surface area contributed by atoms with Gasteiger partial charge in [0.25, 0.3) is 0 Å². The van der Waals surface area contributed by atoms with Crippen molar-refractivity contribution >= 4 is 5.97 Å². The molecule has 0 aromatic carbocycles. The van der Waals surface area contributed by atoms with Gasteiger partial charge in [-0.3, -0.25) is 4.79 Å². The van der Waals surface area contributed by atoms with E-state index in [1.807, 2.05) is 0 Å². The van der Waals surface area contributed by atoms with Crippen LogP contribution in [0.1, 0.15) is 39.0 Å². The standard InChI is InChI=1S/C11H19N3O3/c1-7(11(16)17)5-10(15)9(13-14-12)6-8-3-2-4-8/h7-10,15H,2-6H2,1H3,(H,16,17)/t7-,9-,10+/m1/s1. The van der Waals surface area contributed by atoms with Crippen LogP contribution in [0.4, 0.5) is 0 Å². The van der Waals surface area contributed by atoms with Crippen molar-refractivity contribution in [1.29, 1.82) is 0 Å². The van der Waals surface area contributed by atoms with E-state index >= 15 is 0 Å². The van der Waals surface area contributed by atoms with Gasteiger partial charge in [0.1, 0.15) is 0 Å². The van der Waals surface area contributed by atoms with Gasteiger partial charge >= 0.3 is 5.97 Å². The van der Waals surface area contributed by atoms with Crippen molar-refractivity contribution in [3.05, 3.63) is 10.4 Å². The first-order valence-electron chi connectivity index (χ1n) is 5.99. The lowest BCUT2D eigenvalue weighted by atomic mass is 9.79. The molecule has 1 aliphatic carbocycles. The van der Waals surface area contributed by atoms with E-state index in [-0.39, 0.29) is 6.42 Å². The number of azide groups is 1. The van der Waals surface area contributed by atoms with Crippen LogP contribution in [0.25, 0.3) is 10.4 Å². The summed E-state index contributed by atoms with van der Waals surface area (Å²) in [5.74, 6) is -1.05. The van der Waals surface area contributed by atoms with E-state index < -0.39 is 24.0 Å². The molecule has 17 heavy (non-hydrogen) atoms. The highest BCUT2D eigenvalue weighted by Crippen LogP contribution is 2.32. The first-order valence-corrected chi connectivity index (χ1v) is 5.99. The van der Waals surface area contributed by atoms with E-state index in [4.69, 9.17) is 10.6 Å². The summed E-state index contributed by atoms with van der Waals surface area (Å²) in [6.07, 6.45) is 3.34. The smallest absolute Gasteiger partial charge is 0.306 e. The van der Waals surface area contributed by atoms with Gasteiger partial charge in [-0.25, -0.2) is 0 Å². The topological polar surface area (TPSA) is 106 Å². The molecule has 0 amide bonds. The number of carboxylic acids is 1. The van der Waals surface area contributed by atoms with Gasteiger partial charge in [-0.15, -0.1) is 0 Å². The summed E-state index contributed by atoms with van der Waals surface area (Å²) in [5.41, 5.74) is 8.46. The molecule has 0 unspecified atom stereocenters. The van der Waals surface area contributed by atoms with Crippen molar-refractivity contribution in [3.63, 3.8) is 0 Å². The molecule has 0 bridgehead atoms. The third-order valence-electron chi connectivity index (χ3n) is 3.46. The fraction of sp³-hybridized carbons (Fsp3) is 0.909. The van der Waals surface area contributed by atoms with Gasteiger partial charge in [0.05, 0.1) is 18.1 Å². The van der Waals surface area contributed by atoms with Gasteiger partial charge in [-0.1, -0.05) is 31.3 Å². The van der Waals surface area contributed by atoms with Gasteiger partial charge in [0.15, 0.2) is 0 Å². The molecule has 1 fully saturated rings. The first-order chi connectivity index (χ1) is 8.04. The van der Waals surface area contributed by atoms with Crippen LogP contribution in [-0.4, -0.2) is 28.3 Å². The van der Waals surface area contributed by atoms with Crippen molar-refractivity contribution in [2.45, 2.75) is 51.2 Å². The highest BCUT2D eigenvalue weighted by atomic mass is 16.4. The Morgan fingerprint density at radius 1 is 1.59 bits per heavy atom. The molecule has 1 saturated carbocycles. The Hall–Kier alpha value is -1.26. The number of aliphatic hydroxyl groups excluding tert-OH is 1. The van der Waals surface area contributed by atoms with Crippen molar-refractivity contribution in [2.75, 3.05) is 0 Å².